The number of carboxylic acid groups (broad SMARTS) is 1. The number of hydrogen-bond donors (Lipinski definition) is 12. The number of halogens is 6. The van der Waals surface area contributed by atoms with E-state index in [1.54, 1.807) is 50.6 Å². The van der Waals surface area contributed by atoms with Crippen molar-refractivity contribution in [1.82, 2.24) is 77.8 Å². The SMILES string of the molecule is CCCCOC(=O)COCNC(=O)CNC(=O)[C@@H](N)Cc1ccccc1.CCCCOC(=O)COCNC(=O)CNC(=O)[C@H](Cc1ccccc1)NC(=O)CNC(=O)CNC(=O)OCC1c2ccccc2-c2ccccc21.CCN(C(C)C)C(C)C.CN(C)C(=[N+](C)C)[n+]1[nH]nc2ncccc21.CN(C)C=O.F[P-](F)(F)(F)(F)F.O=C(O)CNC(=O)CNC(=O)OCC1c2ccccc2-c2ccccc21.[OH-]. The molecule has 2 aromatic heterocycles. The molecule has 10 amide bonds. The molecule has 0 saturated heterocycles. The second-order valence-corrected chi connectivity index (χ2v) is 34.1. The summed E-state index contributed by atoms with van der Waals surface area (Å²) in [5.41, 5.74) is 17.9. The number of benzene rings is 6. The molecule has 39 nitrogen and oxygen atoms in total. The van der Waals surface area contributed by atoms with Crippen LogP contribution in [0.25, 0.3) is 33.4 Å². The zero-order valence-electron chi connectivity index (χ0n) is 81.2. The van der Waals surface area contributed by atoms with E-state index in [0.29, 0.717) is 37.4 Å². The average molecular weight is 2010 g/mol. The molecule has 0 saturated carbocycles. The topological polar surface area (TPSA) is 520 Å². The quantitative estimate of drug-likeness (QED) is 0.00165. The second-order valence-electron chi connectivity index (χ2n) is 32.2. The zero-order valence-corrected chi connectivity index (χ0v) is 82.1. The Labute approximate surface area is 814 Å². The number of nitrogens with zero attached hydrogens (tertiary/aromatic N) is 7. The second kappa shape index (κ2) is 62.0. The molecule has 46 heteroatoms. The molecule has 14 N–H and O–H groups in total. The van der Waals surface area contributed by atoms with Crippen molar-refractivity contribution in [3.05, 3.63) is 209 Å². The number of nitrogens with two attached hydrogens (primary N) is 1. The molecule has 0 radical (unpaired) electrons. The van der Waals surface area contributed by atoms with Crippen LogP contribution in [0.4, 0.5) is 34.8 Å². The number of fused-ring (bicyclic) bond motifs is 7. The Hall–Kier alpha value is -14.1. The molecule has 0 spiro atoms. The first-order valence-corrected chi connectivity index (χ1v) is 46.8. The van der Waals surface area contributed by atoms with E-state index < -0.39 is 118 Å². The van der Waals surface area contributed by atoms with E-state index in [9.17, 15) is 87.5 Å². The van der Waals surface area contributed by atoms with Crippen LogP contribution in [-0.2, 0) is 94.0 Å². The number of aromatic nitrogens is 4. The molecule has 2 aliphatic carbocycles. The van der Waals surface area contributed by atoms with Gasteiger partial charge < -0.3 is 97.5 Å². The summed E-state index contributed by atoms with van der Waals surface area (Å²) in [6, 6.07) is 53.6. The first-order chi connectivity index (χ1) is 66.2. The number of esters is 2. The van der Waals surface area contributed by atoms with Gasteiger partial charge in [-0.15, -0.1) is 10.3 Å². The molecule has 0 aliphatic heterocycles. The molecule has 2 atom stereocenters. The Morgan fingerprint density at radius 2 is 0.872 bits per heavy atom. The molecular weight excluding hydrogens is 1870 g/mol. The first-order valence-electron chi connectivity index (χ1n) is 44.7. The number of aliphatic carboxylic acids is 1. The monoisotopic (exact) mass is 2000 g/mol. The molecule has 6 aromatic carbocycles. The summed E-state index contributed by atoms with van der Waals surface area (Å²) >= 11 is 0. The number of ether oxygens (including phenoxy) is 6. The normalized spacial score (nSPS) is 12.0. The smallest absolute Gasteiger partial charge is 0.407 e. The van der Waals surface area contributed by atoms with Gasteiger partial charge in [0.15, 0.2) is 0 Å². The number of carbonyl (C=O) groups is 13. The van der Waals surface area contributed by atoms with Crippen LogP contribution < -0.4 is 58.3 Å². The van der Waals surface area contributed by atoms with E-state index in [-0.39, 0.29) is 76.7 Å². The number of pyridine rings is 1. The minimum Gasteiger partial charge on any atom is -0.870 e. The summed E-state index contributed by atoms with van der Waals surface area (Å²) in [4.78, 5) is 162. The van der Waals surface area contributed by atoms with Crippen molar-refractivity contribution in [2.45, 2.75) is 123 Å². The third kappa shape index (κ3) is 49.3. The molecule has 2 aliphatic rings. The van der Waals surface area contributed by atoms with Crippen LogP contribution in [0.2, 0.25) is 0 Å². The van der Waals surface area contributed by atoms with Gasteiger partial charge in [-0.05, 0) is 120 Å². The van der Waals surface area contributed by atoms with Crippen LogP contribution in [0.3, 0.4) is 0 Å². The van der Waals surface area contributed by atoms with Gasteiger partial charge in [-0.2, -0.15) is 9.48 Å². The van der Waals surface area contributed by atoms with E-state index in [2.05, 4.69) is 103 Å². The number of rotatable bonds is 41. The molecule has 0 fully saturated rings. The fraction of sp³-hybridized carbons (Fsp3) is 0.421. The fourth-order valence-electron chi connectivity index (χ4n) is 13.4. The first kappa shape index (κ1) is 121. The molecule has 10 rings (SSSR count). The molecular formula is C95H131F6N18O21P. The number of unbranched alkanes of at least 4 members (excludes halogenated alkanes) is 2. The third-order valence-electron chi connectivity index (χ3n) is 19.6. The molecule has 8 aromatic rings. The van der Waals surface area contributed by atoms with Crippen molar-refractivity contribution < 1.29 is 136 Å². The van der Waals surface area contributed by atoms with E-state index in [1.807, 2.05) is 196 Å². The summed E-state index contributed by atoms with van der Waals surface area (Å²) in [5, 5.41) is 37.2. The van der Waals surface area contributed by atoms with Gasteiger partial charge in [0.1, 0.15) is 93.8 Å². The summed E-state index contributed by atoms with van der Waals surface area (Å²) in [6.45, 7) is 13.8. The molecule has 2 heterocycles. The fourth-order valence-corrected chi connectivity index (χ4v) is 13.4. The number of carboxylic acids is 1. The number of H-pyrrole nitrogens is 1. The summed E-state index contributed by atoms with van der Waals surface area (Å²) < 4.78 is 93.7. The van der Waals surface area contributed by atoms with Gasteiger partial charge in [0.2, 0.25) is 58.9 Å². The zero-order chi connectivity index (χ0) is 104. The largest absolute Gasteiger partial charge is 0.870 e. The van der Waals surface area contributed by atoms with Crippen molar-refractivity contribution in [3.8, 4) is 22.3 Å². The molecule has 0 bridgehead atoms. The maximum atomic E-state index is 13.0. The Bertz CT molecular complexity index is 5230. The van der Waals surface area contributed by atoms with Crippen LogP contribution in [-0.4, -0.2) is 294 Å². The number of aromatic amines is 1. The molecule has 774 valence electrons. The number of nitrogens with one attached hydrogen (secondary N) is 10. The van der Waals surface area contributed by atoms with Crippen LogP contribution in [0.1, 0.15) is 119 Å². The van der Waals surface area contributed by atoms with Crippen molar-refractivity contribution >= 4 is 103 Å². The third-order valence-corrected chi connectivity index (χ3v) is 19.6. The predicted octanol–water partition coefficient (Wildman–Crippen LogP) is 8.07. The maximum Gasteiger partial charge on any atom is 0.407 e. The summed E-state index contributed by atoms with van der Waals surface area (Å²) in [7, 11) is 0.683. The maximum absolute atomic E-state index is 13.0. The van der Waals surface area contributed by atoms with Crippen molar-refractivity contribution in [1.29, 1.82) is 0 Å². The van der Waals surface area contributed by atoms with Crippen molar-refractivity contribution in [2.24, 2.45) is 5.73 Å². The van der Waals surface area contributed by atoms with E-state index in [1.165, 1.54) is 4.90 Å². The van der Waals surface area contributed by atoms with Gasteiger partial charge in [0.25, 0.3) is 0 Å². The molecule has 0 unspecified atom stereocenters. The minimum absolute atomic E-state index is 0. The summed E-state index contributed by atoms with van der Waals surface area (Å²) in [5.74, 6) is -5.35. The van der Waals surface area contributed by atoms with E-state index >= 15 is 0 Å². The number of alkyl carbamates (subject to hydrolysis) is 2. The summed E-state index contributed by atoms with van der Waals surface area (Å²) in [6.07, 6.45) is 4.84. The van der Waals surface area contributed by atoms with Gasteiger partial charge in [0.05, 0.1) is 38.9 Å². The van der Waals surface area contributed by atoms with E-state index in [4.69, 9.17) is 39.3 Å². The Balaban J connectivity index is 0.000000479. The Morgan fingerprint density at radius 1 is 0.504 bits per heavy atom. The van der Waals surface area contributed by atoms with Crippen LogP contribution >= 0.6 is 7.81 Å². The number of carbonyl (C=O) groups excluding carboxylic acids is 12. The van der Waals surface area contributed by atoms with E-state index in [0.717, 1.165) is 106 Å². The van der Waals surface area contributed by atoms with Crippen LogP contribution in [0.5, 0.6) is 0 Å². The van der Waals surface area contributed by atoms with Crippen molar-refractivity contribution in [2.75, 3.05) is 141 Å². The van der Waals surface area contributed by atoms with Gasteiger partial charge in [-0.1, -0.05) is 191 Å². The van der Waals surface area contributed by atoms with Crippen LogP contribution in [0, 0.1) is 0 Å². The predicted molar refractivity (Wildman–Crippen MR) is 514 cm³/mol. The van der Waals surface area contributed by atoms with Gasteiger partial charge >= 0.3 is 69.0 Å². The average Bonchev–Trinajstić information content (AvgIpc) is 1.36. The molecule has 141 heavy (non-hydrogen) atoms. The van der Waals surface area contributed by atoms with Crippen LogP contribution in [0.15, 0.2) is 176 Å². The van der Waals surface area contributed by atoms with Gasteiger partial charge in [-0.3, -0.25) is 48.1 Å². The number of hydrogen-bond acceptors (Lipinski definition) is 24. The van der Waals surface area contributed by atoms with Crippen molar-refractivity contribution in [3.63, 3.8) is 0 Å². The number of amides is 10. The Morgan fingerprint density at radius 3 is 1.24 bits per heavy atom. The van der Waals surface area contributed by atoms with Gasteiger partial charge in [-0.25, -0.2) is 24.2 Å². The standard InChI is InChI=1S/C37H43N5O9.C19H18N2O5.C18H27N3O5.C10H15N6.C8H19N.C3H7NO.F6P.H2O/c1-2-3-17-50-35(46)23-49-24-41-33(44)19-39-36(47)31(18-25-11-5-4-6-12-25)42-34(45)21-38-32(43)20-40-37(48)51-22-30-28-15-9-7-13-26(28)27-14-8-10-16-29(27)30;22-17(20-10-18(23)24)9-21-19(25)26-11-16-14-7-3-1-5-12(14)13-6-2-4-8-15(13)16;1-2-3-9-26-17(23)12-25-13-21-16(22)11-20-18(24)15(19)10-14-7-5-4-6-8-14;1-14(2)10(15(3)4)16-8-6-5-7-11-9(8)12-13-16;1-6-9(7(2)3)8(4)5;1-4(2)3-5;1-7(2,3,4,5)6;/h4-16,30-31H,2-3,17-24H2,1H3,(H,38,43)(H,39,47)(H,40,48)(H,41,44)(H,42,45);1-8,16H,9-11H2,(H,20,22)(H,21,25)(H,23,24);4-8,15H,2-3,9-13,19H2,1H3,(H,20,24)(H,21,22);5-7H,1-4H3;7-8H,6H2,1-5H3;3H,1-2H3;;1H2/q;;;+1;;;-1;/t31-;;15-;;;;;/m0.0...../s1. The Kier molecular flexibility index (Phi) is 53.2. The minimum atomic E-state index is -10.7. The van der Waals surface area contributed by atoms with Gasteiger partial charge in [0, 0.05) is 56.7 Å².